The molecule has 0 bridgehead atoms. The van der Waals surface area contributed by atoms with Gasteiger partial charge in [-0.3, -0.25) is 4.90 Å². The summed E-state index contributed by atoms with van der Waals surface area (Å²) in [5.41, 5.74) is 0. The first-order chi connectivity index (χ1) is 9.84. The summed E-state index contributed by atoms with van der Waals surface area (Å²) in [6, 6.07) is -0.148. The molecule has 1 aliphatic heterocycles. The molecule has 7 heteroatoms. The average molecular weight is 317 g/mol. The van der Waals surface area contributed by atoms with Crippen molar-refractivity contribution in [2.24, 2.45) is 0 Å². The molecular weight excluding hydrogens is 290 g/mol. The normalized spacial score (nSPS) is 19.4. The van der Waals surface area contributed by atoms with Crippen molar-refractivity contribution in [2.75, 3.05) is 31.1 Å². The zero-order chi connectivity index (χ0) is 16.0. The highest BCUT2D eigenvalue weighted by Gasteiger charge is 2.32. The molecule has 1 aliphatic rings. The Bertz CT molecular complexity index is 355. The molecule has 1 unspecified atom stereocenters. The van der Waals surface area contributed by atoms with Crippen molar-refractivity contribution in [1.29, 1.82) is 0 Å². The van der Waals surface area contributed by atoms with Crippen LogP contribution in [-0.4, -0.2) is 76.2 Å². The summed E-state index contributed by atoms with van der Waals surface area (Å²) in [6.45, 7) is 10.3. The third-order valence-electron chi connectivity index (χ3n) is 3.65. The highest BCUT2D eigenvalue weighted by molar-refractivity contribution is 7.99. The van der Waals surface area contributed by atoms with Crippen LogP contribution in [0.1, 0.15) is 27.7 Å². The fourth-order valence-electron chi connectivity index (χ4n) is 2.56. The Morgan fingerprint density at radius 3 is 2.48 bits per heavy atom. The van der Waals surface area contributed by atoms with E-state index in [0.717, 1.165) is 12.3 Å². The monoisotopic (exact) mass is 317 g/mol. The summed E-state index contributed by atoms with van der Waals surface area (Å²) < 4.78 is 0. The standard InChI is InChI=1S/C14H27N3O3S/c1-10(2)16(11(3)4)6-5-15-14(20)17-7-8-21-9-12(17)13(18)19/h10-12H,5-9H2,1-4H3,(H,15,20)(H,18,19). The van der Waals surface area contributed by atoms with Crippen molar-refractivity contribution in [2.45, 2.75) is 45.8 Å². The lowest BCUT2D eigenvalue weighted by Crippen LogP contribution is -2.54. The Hall–Kier alpha value is -0.950. The summed E-state index contributed by atoms with van der Waals surface area (Å²) in [6.07, 6.45) is 0. The van der Waals surface area contributed by atoms with Gasteiger partial charge >= 0.3 is 12.0 Å². The van der Waals surface area contributed by atoms with Gasteiger partial charge < -0.3 is 15.3 Å². The van der Waals surface area contributed by atoms with E-state index in [9.17, 15) is 14.7 Å². The van der Waals surface area contributed by atoms with Crippen LogP contribution in [0.25, 0.3) is 0 Å². The van der Waals surface area contributed by atoms with Crippen LogP contribution in [0.15, 0.2) is 0 Å². The number of carboxylic acid groups (broad SMARTS) is 1. The first-order valence-electron chi connectivity index (χ1n) is 7.45. The van der Waals surface area contributed by atoms with Gasteiger partial charge in [0.15, 0.2) is 0 Å². The fourth-order valence-corrected chi connectivity index (χ4v) is 3.60. The number of amides is 2. The molecule has 6 nitrogen and oxygen atoms in total. The van der Waals surface area contributed by atoms with E-state index >= 15 is 0 Å². The molecule has 21 heavy (non-hydrogen) atoms. The van der Waals surface area contributed by atoms with Crippen LogP contribution in [0, 0.1) is 0 Å². The van der Waals surface area contributed by atoms with Gasteiger partial charge in [-0.25, -0.2) is 9.59 Å². The van der Waals surface area contributed by atoms with E-state index in [2.05, 4.69) is 37.9 Å². The quantitative estimate of drug-likeness (QED) is 0.773. The van der Waals surface area contributed by atoms with Gasteiger partial charge in [-0.1, -0.05) is 0 Å². The van der Waals surface area contributed by atoms with E-state index in [0.29, 0.717) is 30.9 Å². The number of carbonyl (C=O) groups excluding carboxylic acids is 1. The molecule has 122 valence electrons. The number of urea groups is 1. The van der Waals surface area contributed by atoms with Crippen molar-refractivity contribution in [3.8, 4) is 0 Å². The van der Waals surface area contributed by atoms with Gasteiger partial charge in [0.25, 0.3) is 0 Å². The van der Waals surface area contributed by atoms with Gasteiger partial charge in [-0.05, 0) is 27.7 Å². The summed E-state index contributed by atoms with van der Waals surface area (Å²) >= 11 is 1.58. The van der Waals surface area contributed by atoms with Gasteiger partial charge in [0.2, 0.25) is 0 Å². The number of carbonyl (C=O) groups is 2. The maximum atomic E-state index is 12.2. The molecule has 1 fully saturated rings. The highest BCUT2D eigenvalue weighted by atomic mass is 32.2. The van der Waals surface area contributed by atoms with Crippen molar-refractivity contribution in [3.63, 3.8) is 0 Å². The largest absolute Gasteiger partial charge is 0.480 e. The van der Waals surface area contributed by atoms with Crippen molar-refractivity contribution >= 4 is 23.8 Å². The number of nitrogens with one attached hydrogen (secondary N) is 1. The Kier molecular flexibility index (Phi) is 7.31. The second kappa shape index (κ2) is 8.48. The van der Waals surface area contributed by atoms with E-state index in [1.54, 1.807) is 11.8 Å². The molecule has 0 saturated carbocycles. The molecular formula is C14H27N3O3S. The predicted octanol–water partition coefficient (Wildman–Crippen LogP) is 1.32. The Morgan fingerprint density at radius 1 is 1.33 bits per heavy atom. The molecule has 0 spiro atoms. The predicted molar refractivity (Wildman–Crippen MR) is 85.8 cm³/mol. The first-order valence-corrected chi connectivity index (χ1v) is 8.60. The van der Waals surface area contributed by atoms with Gasteiger partial charge in [0.05, 0.1) is 0 Å². The number of aliphatic carboxylic acids is 1. The maximum absolute atomic E-state index is 12.2. The third-order valence-corrected chi connectivity index (χ3v) is 4.67. The number of hydrogen-bond donors (Lipinski definition) is 2. The molecule has 0 aromatic rings. The topological polar surface area (TPSA) is 72.9 Å². The second-order valence-corrected chi connectivity index (χ2v) is 6.93. The molecule has 0 aromatic carbocycles. The van der Waals surface area contributed by atoms with Crippen LogP contribution in [0.2, 0.25) is 0 Å². The number of thioether (sulfide) groups is 1. The summed E-state index contributed by atoms with van der Waals surface area (Å²) in [4.78, 5) is 27.1. The first kappa shape index (κ1) is 18.1. The number of hydrogen-bond acceptors (Lipinski definition) is 4. The summed E-state index contributed by atoms with van der Waals surface area (Å²) in [7, 11) is 0. The zero-order valence-corrected chi connectivity index (χ0v) is 14.2. The van der Waals surface area contributed by atoms with Crippen LogP contribution in [0.4, 0.5) is 4.79 Å². The highest BCUT2D eigenvalue weighted by Crippen LogP contribution is 2.16. The van der Waals surface area contributed by atoms with E-state index in [4.69, 9.17) is 0 Å². The molecule has 1 atom stereocenters. The molecule has 1 rings (SSSR count). The zero-order valence-electron chi connectivity index (χ0n) is 13.3. The lowest BCUT2D eigenvalue weighted by molar-refractivity contribution is -0.141. The Morgan fingerprint density at radius 2 is 1.95 bits per heavy atom. The van der Waals surface area contributed by atoms with Gasteiger partial charge in [-0.15, -0.1) is 0 Å². The minimum Gasteiger partial charge on any atom is -0.480 e. The molecule has 2 amide bonds. The summed E-state index contributed by atoms with van der Waals surface area (Å²) in [5, 5.41) is 12.0. The van der Waals surface area contributed by atoms with Crippen molar-refractivity contribution < 1.29 is 14.7 Å². The van der Waals surface area contributed by atoms with Crippen LogP contribution in [0.3, 0.4) is 0 Å². The van der Waals surface area contributed by atoms with Crippen LogP contribution in [0.5, 0.6) is 0 Å². The smallest absolute Gasteiger partial charge is 0.327 e. The minimum absolute atomic E-state index is 0.268. The minimum atomic E-state index is -0.927. The Labute approximate surface area is 131 Å². The Balaban J connectivity index is 2.47. The molecule has 2 N–H and O–H groups in total. The molecule has 0 aliphatic carbocycles. The van der Waals surface area contributed by atoms with Gasteiger partial charge in [0, 0.05) is 43.2 Å². The maximum Gasteiger partial charge on any atom is 0.327 e. The molecule has 0 aromatic heterocycles. The lowest BCUT2D eigenvalue weighted by atomic mass is 10.2. The third kappa shape index (κ3) is 5.39. The average Bonchev–Trinajstić information content (AvgIpc) is 2.42. The van der Waals surface area contributed by atoms with E-state index in [1.165, 1.54) is 4.90 Å². The van der Waals surface area contributed by atoms with Crippen molar-refractivity contribution in [1.82, 2.24) is 15.1 Å². The van der Waals surface area contributed by atoms with E-state index in [-0.39, 0.29) is 6.03 Å². The second-order valence-electron chi connectivity index (χ2n) is 5.78. The van der Waals surface area contributed by atoms with Gasteiger partial charge in [-0.2, -0.15) is 11.8 Å². The number of carboxylic acids is 1. The van der Waals surface area contributed by atoms with E-state index < -0.39 is 12.0 Å². The lowest BCUT2D eigenvalue weighted by Gasteiger charge is -2.34. The van der Waals surface area contributed by atoms with Crippen molar-refractivity contribution in [3.05, 3.63) is 0 Å². The number of rotatable bonds is 6. The van der Waals surface area contributed by atoms with Crippen LogP contribution in [-0.2, 0) is 4.79 Å². The van der Waals surface area contributed by atoms with Crippen LogP contribution < -0.4 is 5.32 Å². The fraction of sp³-hybridized carbons (Fsp3) is 0.857. The van der Waals surface area contributed by atoms with Gasteiger partial charge in [0.1, 0.15) is 6.04 Å². The SMILES string of the molecule is CC(C)N(CCNC(=O)N1CCSCC1C(=O)O)C(C)C. The molecule has 1 heterocycles. The molecule has 1 saturated heterocycles. The van der Waals surface area contributed by atoms with Crippen LogP contribution >= 0.6 is 11.8 Å². The number of nitrogens with zero attached hydrogens (tertiary/aromatic N) is 2. The summed E-state index contributed by atoms with van der Waals surface area (Å²) in [5.74, 6) is 0.331. The molecule has 0 radical (unpaired) electrons. The van der Waals surface area contributed by atoms with E-state index in [1.807, 2.05) is 0 Å².